The van der Waals surface area contributed by atoms with Crippen LogP contribution in [0.2, 0.25) is 0 Å². The van der Waals surface area contributed by atoms with E-state index in [0.717, 1.165) is 12.8 Å². The Morgan fingerprint density at radius 2 is 1.84 bits per heavy atom. The molecule has 2 saturated heterocycles. The lowest BCUT2D eigenvalue weighted by Crippen LogP contribution is -2.51. The molecular formula is C14H23NO4. The van der Waals surface area contributed by atoms with Gasteiger partial charge >= 0.3 is 5.97 Å². The first kappa shape index (κ1) is 14.3. The average Bonchev–Trinajstić information content (AvgIpc) is 2.62. The van der Waals surface area contributed by atoms with Gasteiger partial charge in [-0.05, 0) is 39.0 Å². The minimum atomic E-state index is -0.889. The van der Waals surface area contributed by atoms with E-state index < -0.39 is 12.0 Å². The fourth-order valence-electron chi connectivity index (χ4n) is 3.34. The number of carbonyl (C=O) groups excluding carboxylic acids is 1. The van der Waals surface area contributed by atoms with Crippen LogP contribution in [0.4, 0.5) is 0 Å². The zero-order valence-corrected chi connectivity index (χ0v) is 11.8. The molecule has 0 bridgehead atoms. The second-order valence-corrected chi connectivity index (χ2v) is 5.81. The molecule has 1 amide bonds. The first-order valence-electron chi connectivity index (χ1n) is 7.12. The Kier molecular flexibility index (Phi) is 4.13. The highest BCUT2D eigenvalue weighted by atomic mass is 16.5. The van der Waals surface area contributed by atoms with Gasteiger partial charge in [0.05, 0.1) is 18.1 Å². The number of carbonyl (C=O) groups is 2. The summed E-state index contributed by atoms with van der Waals surface area (Å²) in [5, 5.41) is 9.26. The molecule has 19 heavy (non-hydrogen) atoms. The van der Waals surface area contributed by atoms with Crippen molar-refractivity contribution in [2.45, 2.75) is 58.3 Å². The van der Waals surface area contributed by atoms with Gasteiger partial charge in [0.15, 0.2) is 0 Å². The Morgan fingerprint density at radius 3 is 2.37 bits per heavy atom. The largest absolute Gasteiger partial charge is 0.480 e. The van der Waals surface area contributed by atoms with E-state index in [1.54, 1.807) is 4.90 Å². The molecule has 0 spiro atoms. The lowest BCUT2D eigenvalue weighted by molar-refractivity contribution is -0.155. The third kappa shape index (κ3) is 2.61. The summed E-state index contributed by atoms with van der Waals surface area (Å²) >= 11 is 0. The van der Waals surface area contributed by atoms with Crippen LogP contribution in [0.1, 0.15) is 40.0 Å². The zero-order valence-electron chi connectivity index (χ0n) is 11.8. The number of rotatable bonds is 2. The third-order valence-corrected chi connectivity index (χ3v) is 4.60. The fraction of sp³-hybridized carbons (Fsp3) is 0.857. The summed E-state index contributed by atoms with van der Waals surface area (Å²) in [6.07, 6.45) is 2.25. The van der Waals surface area contributed by atoms with E-state index >= 15 is 0 Å². The molecular weight excluding hydrogens is 246 g/mol. The Hall–Kier alpha value is -1.10. The van der Waals surface area contributed by atoms with Gasteiger partial charge in [-0.3, -0.25) is 4.79 Å². The van der Waals surface area contributed by atoms with Crippen molar-refractivity contribution in [1.82, 2.24) is 4.90 Å². The predicted octanol–water partition coefficient (Wildman–Crippen LogP) is 1.51. The fourth-order valence-corrected chi connectivity index (χ4v) is 3.34. The van der Waals surface area contributed by atoms with Crippen LogP contribution in [0.25, 0.3) is 0 Å². The molecule has 5 nitrogen and oxygen atoms in total. The minimum Gasteiger partial charge on any atom is -0.480 e. The van der Waals surface area contributed by atoms with Crippen molar-refractivity contribution in [3.05, 3.63) is 0 Å². The van der Waals surface area contributed by atoms with Crippen LogP contribution >= 0.6 is 0 Å². The van der Waals surface area contributed by atoms with Gasteiger partial charge in [-0.2, -0.15) is 0 Å². The van der Waals surface area contributed by atoms with E-state index in [-0.39, 0.29) is 30.0 Å². The number of ether oxygens (including phenoxy) is 1. The van der Waals surface area contributed by atoms with Gasteiger partial charge in [-0.1, -0.05) is 6.92 Å². The molecule has 5 unspecified atom stereocenters. The monoisotopic (exact) mass is 269 g/mol. The molecule has 2 aliphatic rings. The molecule has 0 aliphatic carbocycles. The van der Waals surface area contributed by atoms with Gasteiger partial charge < -0.3 is 14.7 Å². The summed E-state index contributed by atoms with van der Waals surface area (Å²) < 4.78 is 5.70. The van der Waals surface area contributed by atoms with Crippen LogP contribution in [0, 0.1) is 11.8 Å². The lowest BCUT2D eigenvalue weighted by atomic mass is 9.87. The van der Waals surface area contributed by atoms with E-state index in [1.807, 2.05) is 20.8 Å². The normalized spacial score (nSPS) is 39.3. The van der Waals surface area contributed by atoms with E-state index in [0.29, 0.717) is 13.0 Å². The number of likely N-dealkylation sites (tertiary alicyclic amines) is 1. The zero-order chi connectivity index (χ0) is 14.2. The minimum absolute atomic E-state index is 0.0450. The average molecular weight is 269 g/mol. The quantitative estimate of drug-likeness (QED) is 0.825. The van der Waals surface area contributed by atoms with E-state index in [1.165, 1.54) is 0 Å². The maximum Gasteiger partial charge on any atom is 0.326 e. The van der Waals surface area contributed by atoms with Crippen molar-refractivity contribution in [1.29, 1.82) is 0 Å². The van der Waals surface area contributed by atoms with Crippen LogP contribution in [-0.4, -0.2) is 46.7 Å². The molecule has 2 rings (SSSR count). The van der Waals surface area contributed by atoms with E-state index in [4.69, 9.17) is 4.74 Å². The Labute approximate surface area is 113 Å². The summed E-state index contributed by atoms with van der Waals surface area (Å²) in [4.78, 5) is 25.5. The number of carboxylic acid groups (broad SMARTS) is 1. The van der Waals surface area contributed by atoms with Gasteiger partial charge in [0, 0.05) is 6.54 Å². The number of aliphatic carboxylic acids is 1. The van der Waals surface area contributed by atoms with Crippen molar-refractivity contribution >= 4 is 11.9 Å². The van der Waals surface area contributed by atoms with Crippen molar-refractivity contribution in [2.24, 2.45) is 11.8 Å². The maximum absolute atomic E-state index is 12.7. The van der Waals surface area contributed by atoms with Crippen molar-refractivity contribution in [3.8, 4) is 0 Å². The molecule has 1 N–H and O–H groups in total. The highest BCUT2D eigenvalue weighted by molar-refractivity contribution is 5.86. The molecule has 108 valence electrons. The summed E-state index contributed by atoms with van der Waals surface area (Å²) in [6, 6.07) is -0.656. The second-order valence-electron chi connectivity index (χ2n) is 5.81. The van der Waals surface area contributed by atoms with Gasteiger partial charge in [0.2, 0.25) is 5.91 Å². The molecule has 2 fully saturated rings. The Morgan fingerprint density at radius 1 is 1.16 bits per heavy atom. The molecule has 0 aromatic heterocycles. The summed E-state index contributed by atoms with van der Waals surface area (Å²) in [5.41, 5.74) is 0. The van der Waals surface area contributed by atoms with Crippen molar-refractivity contribution in [2.75, 3.05) is 6.54 Å². The molecule has 0 aromatic rings. The Balaban J connectivity index is 2.15. The van der Waals surface area contributed by atoms with E-state index in [2.05, 4.69) is 0 Å². The highest BCUT2D eigenvalue weighted by Gasteiger charge is 2.45. The van der Waals surface area contributed by atoms with Crippen LogP contribution in [-0.2, 0) is 14.3 Å². The number of hydrogen-bond donors (Lipinski definition) is 1. The molecule has 5 heteroatoms. The number of nitrogens with zero attached hydrogens (tertiary/aromatic N) is 1. The second kappa shape index (κ2) is 5.49. The summed E-state index contributed by atoms with van der Waals surface area (Å²) in [5.74, 6) is -1.01. The SMILES string of the molecule is CC1OC(C)C(C(=O)N2CCCCC2C(=O)O)C1C. The van der Waals surface area contributed by atoms with Crippen LogP contribution < -0.4 is 0 Å². The van der Waals surface area contributed by atoms with Gasteiger partial charge in [0.25, 0.3) is 0 Å². The van der Waals surface area contributed by atoms with Crippen LogP contribution in [0.15, 0.2) is 0 Å². The molecule has 2 heterocycles. The molecule has 0 saturated carbocycles. The maximum atomic E-state index is 12.7. The Bertz CT molecular complexity index is 370. The summed E-state index contributed by atoms with van der Waals surface area (Å²) in [7, 11) is 0. The predicted molar refractivity (Wildman–Crippen MR) is 69.7 cm³/mol. The van der Waals surface area contributed by atoms with Crippen LogP contribution in [0.5, 0.6) is 0 Å². The number of hydrogen-bond acceptors (Lipinski definition) is 3. The molecule has 5 atom stereocenters. The lowest BCUT2D eigenvalue weighted by Gasteiger charge is -2.36. The van der Waals surface area contributed by atoms with Crippen molar-refractivity contribution in [3.63, 3.8) is 0 Å². The molecule has 0 aromatic carbocycles. The number of piperidine rings is 1. The van der Waals surface area contributed by atoms with Crippen molar-refractivity contribution < 1.29 is 19.4 Å². The van der Waals surface area contributed by atoms with Gasteiger partial charge in [-0.25, -0.2) is 4.79 Å². The summed E-state index contributed by atoms with van der Waals surface area (Å²) in [6.45, 7) is 6.44. The van der Waals surface area contributed by atoms with Gasteiger partial charge in [0.1, 0.15) is 6.04 Å². The number of amides is 1. The first-order chi connectivity index (χ1) is 8.93. The van der Waals surface area contributed by atoms with Gasteiger partial charge in [-0.15, -0.1) is 0 Å². The highest BCUT2D eigenvalue weighted by Crippen LogP contribution is 2.34. The van der Waals surface area contributed by atoms with E-state index in [9.17, 15) is 14.7 Å². The smallest absolute Gasteiger partial charge is 0.326 e. The molecule has 0 radical (unpaired) electrons. The standard InChI is InChI=1S/C14H23NO4/c1-8-9(2)19-10(3)12(8)13(16)15-7-5-4-6-11(15)14(17)18/h8-12H,4-7H2,1-3H3,(H,17,18). The third-order valence-electron chi connectivity index (χ3n) is 4.60. The van der Waals surface area contributed by atoms with Crippen LogP contribution in [0.3, 0.4) is 0 Å². The first-order valence-corrected chi connectivity index (χ1v) is 7.12. The molecule has 2 aliphatic heterocycles. The number of carboxylic acids is 1. The topological polar surface area (TPSA) is 66.8 Å².